The van der Waals surface area contributed by atoms with Crippen LogP contribution in [0.1, 0.15) is 5.56 Å². The van der Waals surface area contributed by atoms with Gasteiger partial charge in [0.15, 0.2) is 0 Å². The van der Waals surface area contributed by atoms with Crippen LogP contribution in [0, 0.1) is 6.92 Å². The molecule has 0 amide bonds. The summed E-state index contributed by atoms with van der Waals surface area (Å²) in [6.07, 6.45) is 0. The number of morpholine rings is 1. The predicted molar refractivity (Wildman–Crippen MR) is 78.9 cm³/mol. The van der Waals surface area contributed by atoms with Crippen LogP contribution in [0.5, 0.6) is 5.75 Å². The highest BCUT2D eigenvalue weighted by Gasteiger charge is 2.12. The number of nitrogens with one attached hydrogen (secondary N) is 1. The molecule has 1 aromatic carbocycles. The van der Waals surface area contributed by atoms with Crippen molar-refractivity contribution in [2.45, 2.75) is 6.92 Å². The van der Waals surface area contributed by atoms with Gasteiger partial charge in [-0.15, -0.1) is 0 Å². The molecule has 112 valence electrons. The molecule has 1 heterocycles. The average molecular weight is 301 g/mol. The molecule has 0 unspecified atom stereocenters. The van der Waals surface area contributed by atoms with Crippen molar-refractivity contribution < 1.29 is 19.1 Å². The van der Waals surface area contributed by atoms with E-state index in [-0.39, 0.29) is 0 Å². The van der Waals surface area contributed by atoms with E-state index in [1.165, 1.54) is 0 Å². The van der Waals surface area contributed by atoms with E-state index >= 15 is 0 Å². The van der Waals surface area contributed by atoms with Crippen LogP contribution in [0.25, 0.3) is 0 Å². The molecule has 0 aliphatic carbocycles. The quantitative estimate of drug-likeness (QED) is 0.761. The number of halogens is 1. The van der Waals surface area contributed by atoms with Gasteiger partial charge in [0, 0.05) is 0 Å². The van der Waals surface area contributed by atoms with E-state index in [2.05, 4.69) is 0 Å². The normalized spacial score (nSPS) is 16.3. The topological polar surface area (TPSA) is 32.1 Å². The first-order chi connectivity index (χ1) is 9.77. The Balaban J connectivity index is 1.57. The fourth-order valence-corrected chi connectivity index (χ4v) is 2.51. The Bertz CT molecular complexity index is 388. The van der Waals surface area contributed by atoms with E-state index in [4.69, 9.17) is 25.8 Å². The molecule has 0 atom stereocenters. The number of ether oxygens (including phenoxy) is 3. The minimum Gasteiger partial charge on any atom is -0.489 e. The molecule has 1 aliphatic heterocycles. The van der Waals surface area contributed by atoms with Gasteiger partial charge in [0.05, 0.1) is 31.5 Å². The maximum absolute atomic E-state index is 6.09. The van der Waals surface area contributed by atoms with Crippen molar-refractivity contribution in [3.8, 4) is 5.75 Å². The van der Waals surface area contributed by atoms with Gasteiger partial charge in [-0.2, -0.15) is 0 Å². The van der Waals surface area contributed by atoms with Gasteiger partial charge in [-0.1, -0.05) is 23.7 Å². The molecular weight excluding hydrogens is 278 g/mol. The second-order valence-electron chi connectivity index (χ2n) is 4.96. The maximum Gasteiger partial charge on any atom is 0.140 e. The fraction of sp³-hybridized carbons (Fsp3) is 0.600. The second-order valence-corrected chi connectivity index (χ2v) is 5.37. The summed E-state index contributed by atoms with van der Waals surface area (Å²) < 4.78 is 16.6. The van der Waals surface area contributed by atoms with Gasteiger partial charge >= 0.3 is 0 Å². The minimum atomic E-state index is 0.531. The van der Waals surface area contributed by atoms with Gasteiger partial charge in [0.1, 0.15) is 32.0 Å². The minimum absolute atomic E-state index is 0.531. The third-order valence-corrected chi connectivity index (χ3v) is 3.74. The Morgan fingerprint density at radius 1 is 1.20 bits per heavy atom. The number of hydrogen-bond donors (Lipinski definition) is 1. The molecule has 1 saturated heterocycles. The summed E-state index contributed by atoms with van der Waals surface area (Å²) in [5.41, 5.74) is 1.05. The summed E-state index contributed by atoms with van der Waals surface area (Å²) in [7, 11) is 0. The van der Waals surface area contributed by atoms with Gasteiger partial charge in [0.25, 0.3) is 0 Å². The predicted octanol–water partition coefficient (Wildman–Crippen LogP) is 0.959. The molecule has 20 heavy (non-hydrogen) atoms. The number of aryl methyl sites for hydroxylation is 1. The molecule has 0 bridgehead atoms. The van der Waals surface area contributed by atoms with Gasteiger partial charge in [0.2, 0.25) is 0 Å². The molecular formula is C15H23ClNO3+. The molecule has 1 aromatic rings. The molecule has 0 radical (unpaired) electrons. The summed E-state index contributed by atoms with van der Waals surface area (Å²) >= 11 is 6.09. The molecule has 1 aliphatic rings. The van der Waals surface area contributed by atoms with Crippen LogP contribution in [0.4, 0.5) is 0 Å². The Kier molecular flexibility index (Phi) is 6.60. The fourth-order valence-electron chi connectivity index (χ4n) is 2.23. The van der Waals surface area contributed by atoms with E-state index < -0.39 is 0 Å². The Labute approximate surface area is 125 Å². The third kappa shape index (κ3) is 4.94. The highest BCUT2D eigenvalue weighted by Crippen LogP contribution is 2.27. The van der Waals surface area contributed by atoms with Crippen LogP contribution in [0.15, 0.2) is 18.2 Å². The van der Waals surface area contributed by atoms with E-state index in [1.807, 2.05) is 25.1 Å². The smallest absolute Gasteiger partial charge is 0.140 e. The number of hydrogen-bond acceptors (Lipinski definition) is 3. The summed E-state index contributed by atoms with van der Waals surface area (Å²) in [6, 6.07) is 5.75. The van der Waals surface area contributed by atoms with Crippen molar-refractivity contribution in [3.05, 3.63) is 28.8 Å². The second kappa shape index (κ2) is 8.47. The molecule has 1 N–H and O–H groups in total. The van der Waals surface area contributed by atoms with Gasteiger partial charge < -0.3 is 19.1 Å². The van der Waals surface area contributed by atoms with Crippen molar-refractivity contribution in [2.75, 3.05) is 52.7 Å². The molecule has 2 rings (SSSR count). The molecule has 4 nitrogen and oxygen atoms in total. The molecule has 5 heteroatoms. The first kappa shape index (κ1) is 15.6. The van der Waals surface area contributed by atoms with Gasteiger partial charge in [-0.25, -0.2) is 0 Å². The Morgan fingerprint density at radius 2 is 2.00 bits per heavy atom. The van der Waals surface area contributed by atoms with Gasteiger partial charge in [-0.3, -0.25) is 0 Å². The third-order valence-electron chi connectivity index (χ3n) is 3.44. The zero-order chi connectivity index (χ0) is 14.2. The first-order valence-electron chi connectivity index (χ1n) is 7.14. The van der Waals surface area contributed by atoms with E-state index in [9.17, 15) is 0 Å². The largest absolute Gasteiger partial charge is 0.489 e. The van der Waals surface area contributed by atoms with Crippen LogP contribution >= 0.6 is 11.6 Å². The number of benzene rings is 1. The SMILES string of the molecule is Cc1cccc(Cl)c1OCCOCC[NH+]1CCOCC1. The Hall–Kier alpha value is -0.810. The maximum atomic E-state index is 6.09. The van der Waals surface area contributed by atoms with Crippen LogP contribution in [0.2, 0.25) is 5.02 Å². The average Bonchev–Trinajstić information content (AvgIpc) is 2.46. The van der Waals surface area contributed by atoms with Crippen molar-refractivity contribution >= 4 is 11.6 Å². The molecule has 0 aromatic heterocycles. The highest BCUT2D eigenvalue weighted by molar-refractivity contribution is 6.32. The molecule has 0 saturated carbocycles. The lowest BCUT2D eigenvalue weighted by Gasteiger charge is -2.23. The summed E-state index contributed by atoms with van der Waals surface area (Å²) in [5.74, 6) is 0.761. The Morgan fingerprint density at radius 3 is 2.75 bits per heavy atom. The zero-order valence-electron chi connectivity index (χ0n) is 12.0. The lowest BCUT2D eigenvalue weighted by Crippen LogP contribution is -3.14. The van der Waals surface area contributed by atoms with Crippen LogP contribution < -0.4 is 9.64 Å². The molecule has 1 fully saturated rings. The van der Waals surface area contributed by atoms with E-state index in [0.717, 1.165) is 50.8 Å². The van der Waals surface area contributed by atoms with Gasteiger partial charge in [-0.05, 0) is 18.6 Å². The number of rotatable bonds is 7. The standard InChI is InChI=1S/C15H22ClNO3/c1-13-3-2-4-14(16)15(13)20-12-11-19-10-7-17-5-8-18-9-6-17/h2-4H,5-12H2,1H3/p+1. The monoisotopic (exact) mass is 300 g/mol. The van der Waals surface area contributed by atoms with Crippen molar-refractivity contribution in [3.63, 3.8) is 0 Å². The summed E-state index contributed by atoms with van der Waals surface area (Å²) in [6.45, 7) is 8.81. The summed E-state index contributed by atoms with van der Waals surface area (Å²) in [5, 5.41) is 0.655. The van der Waals surface area contributed by atoms with E-state index in [0.29, 0.717) is 18.2 Å². The van der Waals surface area contributed by atoms with Crippen LogP contribution in [-0.4, -0.2) is 52.7 Å². The van der Waals surface area contributed by atoms with Crippen molar-refractivity contribution in [2.24, 2.45) is 0 Å². The highest BCUT2D eigenvalue weighted by atomic mass is 35.5. The van der Waals surface area contributed by atoms with Crippen LogP contribution in [0.3, 0.4) is 0 Å². The summed E-state index contributed by atoms with van der Waals surface area (Å²) in [4.78, 5) is 1.55. The lowest BCUT2D eigenvalue weighted by molar-refractivity contribution is -0.908. The number of para-hydroxylation sites is 1. The van der Waals surface area contributed by atoms with Crippen molar-refractivity contribution in [1.82, 2.24) is 0 Å². The lowest BCUT2D eigenvalue weighted by atomic mass is 10.2. The van der Waals surface area contributed by atoms with Crippen LogP contribution in [-0.2, 0) is 9.47 Å². The number of quaternary nitrogens is 1. The van der Waals surface area contributed by atoms with Crippen molar-refractivity contribution in [1.29, 1.82) is 0 Å². The molecule has 0 spiro atoms. The zero-order valence-corrected chi connectivity index (χ0v) is 12.7. The first-order valence-corrected chi connectivity index (χ1v) is 7.52. The van der Waals surface area contributed by atoms with E-state index in [1.54, 1.807) is 4.90 Å².